The third-order valence-electron chi connectivity index (χ3n) is 2.82. The second-order valence-corrected chi connectivity index (χ2v) is 4.26. The fraction of sp³-hybridized carbons (Fsp3) is 0.385. The Morgan fingerprint density at radius 2 is 1.95 bits per heavy atom. The van der Waals surface area contributed by atoms with E-state index in [1.165, 1.54) is 19.1 Å². The number of carbonyl (C=O) groups excluding carboxylic acids is 2. The number of halogens is 3. The molecule has 20 heavy (non-hydrogen) atoms. The number of benzene rings is 1. The standard InChI is InChI=1S/C13H15F3N2O2/c1-3-11(12(17)20)18(8(2)19)10-6-4-5-9(7-10)13(14,15)16/h4-7,11H,3H2,1-2H3,(H2,17,20). The van der Waals surface area contributed by atoms with Gasteiger partial charge in [-0.2, -0.15) is 13.2 Å². The van der Waals surface area contributed by atoms with Gasteiger partial charge in [0.25, 0.3) is 0 Å². The predicted octanol–water partition coefficient (Wildman–Crippen LogP) is 2.32. The van der Waals surface area contributed by atoms with Crippen molar-refractivity contribution in [2.75, 3.05) is 4.90 Å². The average molecular weight is 288 g/mol. The molecule has 1 aromatic carbocycles. The van der Waals surface area contributed by atoms with Gasteiger partial charge >= 0.3 is 6.18 Å². The van der Waals surface area contributed by atoms with Gasteiger partial charge in [0.2, 0.25) is 11.8 Å². The molecule has 1 aromatic rings. The highest BCUT2D eigenvalue weighted by Crippen LogP contribution is 2.32. The van der Waals surface area contributed by atoms with Crippen LogP contribution in [0.1, 0.15) is 25.8 Å². The van der Waals surface area contributed by atoms with Crippen molar-refractivity contribution in [2.45, 2.75) is 32.5 Å². The van der Waals surface area contributed by atoms with Gasteiger partial charge in [-0.05, 0) is 24.6 Å². The molecule has 0 aliphatic heterocycles. The van der Waals surface area contributed by atoms with Crippen molar-refractivity contribution < 1.29 is 22.8 Å². The summed E-state index contributed by atoms with van der Waals surface area (Å²) in [7, 11) is 0. The number of alkyl halides is 3. The largest absolute Gasteiger partial charge is 0.416 e. The molecule has 7 heteroatoms. The van der Waals surface area contributed by atoms with E-state index < -0.39 is 29.6 Å². The first-order chi connectivity index (χ1) is 9.18. The molecule has 0 fully saturated rings. The number of hydrogen-bond donors (Lipinski definition) is 1. The van der Waals surface area contributed by atoms with Crippen LogP contribution in [0.25, 0.3) is 0 Å². The lowest BCUT2D eigenvalue weighted by Gasteiger charge is -2.28. The van der Waals surface area contributed by atoms with Gasteiger partial charge in [-0.15, -0.1) is 0 Å². The fourth-order valence-electron chi connectivity index (χ4n) is 1.92. The van der Waals surface area contributed by atoms with Gasteiger partial charge in [-0.3, -0.25) is 9.59 Å². The van der Waals surface area contributed by atoms with E-state index >= 15 is 0 Å². The molecule has 0 radical (unpaired) electrons. The van der Waals surface area contributed by atoms with Crippen molar-refractivity contribution in [3.8, 4) is 0 Å². The van der Waals surface area contributed by atoms with Gasteiger partial charge in [0.15, 0.2) is 0 Å². The zero-order valence-corrected chi connectivity index (χ0v) is 11.1. The van der Waals surface area contributed by atoms with Crippen LogP contribution in [0.2, 0.25) is 0 Å². The van der Waals surface area contributed by atoms with E-state index in [4.69, 9.17) is 5.73 Å². The Hall–Kier alpha value is -2.05. The molecule has 110 valence electrons. The van der Waals surface area contributed by atoms with E-state index in [0.29, 0.717) is 0 Å². The lowest BCUT2D eigenvalue weighted by atomic mass is 10.1. The highest BCUT2D eigenvalue weighted by atomic mass is 19.4. The summed E-state index contributed by atoms with van der Waals surface area (Å²) in [6.07, 6.45) is -4.31. The Labute approximate surface area is 114 Å². The number of rotatable bonds is 4. The lowest BCUT2D eigenvalue weighted by Crippen LogP contribution is -2.47. The first kappa shape index (κ1) is 16.0. The monoisotopic (exact) mass is 288 g/mol. The van der Waals surface area contributed by atoms with Gasteiger partial charge in [-0.25, -0.2) is 0 Å². The van der Waals surface area contributed by atoms with Crippen molar-refractivity contribution in [3.63, 3.8) is 0 Å². The van der Waals surface area contributed by atoms with E-state index in [9.17, 15) is 22.8 Å². The summed E-state index contributed by atoms with van der Waals surface area (Å²) in [6, 6.07) is 3.26. The Balaban J connectivity index is 3.29. The number of nitrogens with zero attached hydrogens (tertiary/aromatic N) is 1. The number of nitrogens with two attached hydrogens (primary N) is 1. The van der Waals surface area contributed by atoms with Crippen LogP contribution in [0.4, 0.5) is 18.9 Å². The summed E-state index contributed by atoms with van der Waals surface area (Å²) in [5.41, 5.74) is 4.30. The zero-order chi connectivity index (χ0) is 15.5. The third kappa shape index (κ3) is 3.49. The minimum Gasteiger partial charge on any atom is -0.368 e. The Morgan fingerprint density at radius 3 is 2.35 bits per heavy atom. The molecule has 0 aliphatic rings. The molecule has 0 bridgehead atoms. The first-order valence-corrected chi connectivity index (χ1v) is 5.94. The Morgan fingerprint density at radius 1 is 1.35 bits per heavy atom. The molecule has 2 N–H and O–H groups in total. The maximum Gasteiger partial charge on any atom is 0.416 e. The second-order valence-electron chi connectivity index (χ2n) is 4.26. The topological polar surface area (TPSA) is 63.4 Å². The molecule has 2 amide bonds. The molecule has 4 nitrogen and oxygen atoms in total. The average Bonchev–Trinajstić information content (AvgIpc) is 2.33. The van der Waals surface area contributed by atoms with E-state index in [1.54, 1.807) is 6.92 Å². The maximum atomic E-state index is 12.7. The summed E-state index contributed by atoms with van der Waals surface area (Å²) in [4.78, 5) is 24.0. The molecule has 0 aliphatic carbocycles. The van der Waals surface area contributed by atoms with Crippen LogP contribution in [0.15, 0.2) is 24.3 Å². The molecular weight excluding hydrogens is 273 g/mol. The third-order valence-corrected chi connectivity index (χ3v) is 2.82. The number of amides is 2. The molecular formula is C13H15F3N2O2. The predicted molar refractivity (Wildman–Crippen MR) is 67.9 cm³/mol. The summed E-state index contributed by atoms with van der Waals surface area (Å²) in [5, 5.41) is 0. The van der Waals surface area contributed by atoms with Gasteiger partial charge in [0, 0.05) is 12.6 Å². The van der Waals surface area contributed by atoms with Crippen molar-refractivity contribution >= 4 is 17.5 Å². The van der Waals surface area contributed by atoms with Crippen molar-refractivity contribution in [1.29, 1.82) is 0 Å². The van der Waals surface area contributed by atoms with E-state index in [1.807, 2.05) is 0 Å². The maximum absolute atomic E-state index is 12.7. The molecule has 1 unspecified atom stereocenters. The quantitative estimate of drug-likeness (QED) is 0.924. The van der Waals surface area contributed by atoms with E-state index in [-0.39, 0.29) is 12.1 Å². The van der Waals surface area contributed by atoms with Gasteiger partial charge < -0.3 is 10.6 Å². The molecule has 0 heterocycles. The number of primary amides is 1. The Kier molecular flexibility index (Phi) is 4.75. The minimum absolute atomic E-state index is 0.00187. The Bertz CT molecular complexity index is 515. The number of carbonyl (C=O) groups is 2. The van der Waals surface area contributed by atoms with Crippen LogP contribution in [-0.2, 0) is 15.8 Å². The van der Waals surface area contributed by atoms with Crippen LogP contribution in [0.5, 0.6) is 0 Å². The van der Waals surface area contributed by atoms with Crippen molar-refractivity contribution in [3.05, 3.63) is 29.8 Å². The highest BCUT2D eigenvalue weighted by molar-refractivity contribution is 5.99. The first-order valence-electron chi connectivity index (χ1n) is 5.94. The summed E-state index contributed by atoms with van der Waals surface area (Å²) >= 11 is 0. The molecule has 0 saturated carbocycles. The van der Waals surface area contributed by atoms with Crippen molar-refractivity contribution in [1.82, 2.24) is 0 Å². The molecule has 1 rings (SSSR count). The van der Waals surface area contributed by atoms with Crippen LogP contribution in [0, 0.1) is 0 Å². The SMILES string of the molecule is CCC(C(N)=O)N(C(C)=O)c1cccc(C(F)(F)F)c1. The van der Waals surface area contributed by atoms with E-state index in [0.717, 1.165) is 17.0 Å². The molecule has 0 saturated heterocycles. The van der Waals surface area contributed by atoms with Gasteiger partial charge in [0.1, 0.15) is 6.04 Å². The van der Waals surface area contributed by atoms with Crippen molar-refractivity contribution in [2.24, 2.45) is 5.73 Å². The van der Waals surface area contributed by atoms with Gasteiger partial charge in [-0.1, -0.05) is 13.0 Å². The zero-order valence-electron chi connectivity index (χ0n) is 11.1. The van der Waals surface area contributed by atoms with Crippen LogP contribution < -0.4 is 10.6 Å². The second kappa shape index (κ2) is 5.94. The summed E-state index contributed by atoms with van der Waals surface area (Å²) in [6.45, 7) is 2.80. The van der Waals surface area contributed by atoms with Crippen LogP contribution in [-0.4, -0.2) is 17.9 Å². The van der Waals surface area contributed by atoms with Gasteiger partial charge in [0.05, 0.1) is 5.56 Å². The van der Waals surface area contributed by atoms with Crippen LogP contribution >= 0.6 is 0 Å². The lowest BCUT2D eigenvalue weighted by molar-refractivity contribution is -0.137. The normalized spacial score (nSPS) is 12.8. The fourth-order valence-corrected chi connectivity index (χ4v) is 1.92. The highest BCUT2D eigenvalue weighted by Gasteiger charge is 2.32. The minimum atomic E-state index is -4.52. The molecule has 0 aromatic heterocycles. The molecule has 0 spiro atoms. The molecule has 1 atom stereocenters. The smallest absolute Gasteiger partial charge is 0.368 e. The number of hydrogen-bond acceptors (Lipinski definition) is 2. The van der Waals surface area contributed by atoms with E-state index in [2.05, 4.69) is 0 Å². The van der Waals surface area contributed by atoms with Crippen LogP contribution in [0.3, 0.4) is 0 Å². The summed E-state index contributed by atoms with van der Waals surface area (Å²) < 4.78 is 38.0. The summed E-state index contributed by atoms with van der Waals surface area (Å²) in [5.74, 6) is -1.31. The number of anilines is 1.